The molecule has 0 aliphatic rings. The van der Waals surface area contributed by atoms with Crippen LogP contribution < -0.4 is 27.4 Å². The Morgan fingerprint density at radius 1 is 0.969 bits per heavy atom. The zero-order valence-corrected chi connectivity index (χ0v) is 17.6. The highest BCUT2D eigenvalue weighted by atomic mass is 16.4. The van der Waals surface area contributed by atoms with Crippen LogP contribution in [-0.2, 0) is 25.6 Å². The van der Waals surface area contributed by atoms with E-state index in [0.717, 1.165) is 0 Å². The van der Waals surface area contributed by atoms with Gasteiger partial charge >= 0.3 is 5.97 Å². The Balaban J connectivity index is 2.51. The number of phenolic OH excluding ortho intramolecular Hbond substituents is 1. The van der Waals surface area contributed by atoms with Crippen LogP contribution in [-0.4, -0.2) is 76.8 Å². The molecule has 10 N–H and O–H groups in total. The van der Waals surface area contributed by atoms with Crippen LogP contribution in [0, 0.1) is 0 Å². The number of phenols is 1. The number of aliphatic hydroxyl groups is 1. The lowest BCUT2D eigenvalue weighted by Crippen LogP contribution is -2.55. The summed E-state index contributed by atoms with van der Waals surface area (Å²) in [5, 5.41) is 34.7. The van der Waals surface area contributed by atoms with E-state index in [1.54, 1.807) is 12.1 Å². The standard InChI is InChI=1S/C20H31N5O7/c21-8-2-1-3-15(20(31)32)24-17(28)10-23-19(30)16(11-26)25-18(29)14(22)9-12-4-6-13(27)7-5-12/h4-7,14-16,26-27H,1-3,8-11,21-22H2,(H,23,30)(H,24,28)(H,25,29)(H,31,32). The molecule has 0 saturated carbocycles. The number of carbonyl (C=O) groups excluding carboxylic acids is 3. The van der Waals surface area contributed by atoms with Crippen LogP contribution in [0.25, 0.3) is 0 Å². The fraction of sp³-hybridized carbons (Fsp3) is 0.500. The molecule has 0 heterocycles. The van der Waals surface area contributed by atoms with Crippen molar-refractivity contribution in [1.29, 1.82) is 0 Å². The summed E-state index contributed by atoms with van der Waals surface area (Å²) in [5.74, 6) is -3.39. The number of hydrogen-bond donors (Lipinski definition) is 8. The maximum atomic E-state index is 12.2. The van der Waals surface area contributed by atoms with Crippen molar-refractivity contribution in [2.24, 2.45) is 11.5 Å². The Bertz CT molecular complexity index is 772. The average Bonchev–Trinajstić information content (AvgIpc) is 2.76. The molecule has 0 saturated heterocycles. The van der Waals surface area contributed by atoms with E-state index >= 15 is 0 Å². The number of rotatable bonds is 14. The third kappa shape index (κ3) is 9.73. The number of nitrogens with two attached hydrogens (primary N) is 2. The minimum Gasteiger partial charge on any atom is -0.508 e. The molecular formula is C20H31N5O7. The van der Waals surface area contributed by atoms with Crippen molar-refractivity contribution in [3.05, 3.63) is 29.8 Å². The normalized spacial score (nSPS) is 13.5. The van der Waals surface area contributed by atoms with Crippen LogP contribution in [0.5, 0.6) is 5.75 Å². The van der Waals surface area contributed by atoms with Crippen molar-refractivity contribution in [1.82, 2.24) is 16.0 Å². The van der Waals surface area contributed by atoms with Gasteiger partial charge in [0.1, 0.15) is 17.8 Å². The number of carbonyl (C=O) groups is 4. The summed E-state index contributed by atoms with van der Waals surface area (Å²) in [6.45, 7) is -0.864. The van der Waals surface area contributed by atoms with Gasteiger partial charge in [0, 0.05) is 0 Å². The smallest absolute Gasteiger partial charge is 0.326 e. The summed E-state index contributed by atoms with van der Waals surface area (Å²) in [7, 11) is 0. The quantitative estimate of drug-likeness (QED) is 0.140. The maximum absolute atomic E-state index is 12.2. The first-order valence-corrected chi connectivity index (χ1v) is 10.1. The lowest BCUT2D eigenvalue weighted by Gasteiger charge is -2.19. The lowest BCUT2D eigenvalue weighted by molar-refractivity contribution is -0.142. The molecule has 12 nitrogen and oxygen atoms in total. The molecule has 1 aromatic carbocycles. The van der Waals surface area contributed by atoms with Crippen LogP contribution >= 0.6 is 0 Å². The number of nitrogens with one attached hydrogen (secondary N) is 3. The summed E-state index contributed by atoms with van der Waals surface area (Å²) < 4.78 is 0. The van der Waals surface area contributed by atoms with E-state index in [4.69, 9.17) is 16.6 Å². The second-order valence-electron chi connectivity index (χ2n) is 7.18. The van der Waals surface area contributed by atoms with Gasteiger partial charge in [0.2, 0.25) is 17.7 Å². The predicted molar refractivity (Wildman–Crippen MR) is 114 cm³/mol. The Labute approximate surface area is 185 Å². The summed E-state index contributed by atoms with van der Waals surface area (Å²) in [6, 6.07) is 2.60. The number of unbranched alkanes of at least 4 members (excludes halogenated alkanes) is 1. The SMILES string of the molecule is NCCCCC(NC(=O)CNC(=O)C(CO)NC(=O)C(N)Cc1ccc(O)cc1)C(=O)O. The number of amides is 3. The monoisotopic (exact) mass is 453 g/mol. The molecular weight excluding hydrogens is 422 g/mol. The number of carboxylic acids is 1. The number of benzene rings is 1. The van der Waals surface area contributed by atoms with Gasteiger partial charge in [0.05, 0.1) is 19.2 Å². The molecule has 0 aliphatic heterocycles. The molecule has 0 aliphatic carbocycles. The Morgan fingerprint density at radius 2 is 1.62 bits per heavy atom. The summed E-state index contributed by atoms with van der Waals surface area (Å²) in [5.41, 5.74) is 11.9. The van der Waals surface area contributed by atoms with Crippen molar-refractivity contribution in [3.8, 4) is 5.75 Å². The lowest BCUT2D eigenvalue weighted by atomic mass is 10.1. The minimum atomic E-state index is -1.35. The largest absolute Gasteiger partial charge is 0.508 e. The molecule has 3 unspecified atom stereocenters. The highest BCUT2D eigenvalue weighted by molar-refractivity contribution is 5.92. The Hall–Kier alpha value is -3.22. The van der Waals surface area contributed by atoms with Gasteiger partial charge in [-0.3, -0.25) is 14.4 Å². The molecule has 1 aromatic rings. The van der Waals surface area contributed by atoms with Gasteiger partial charge in [0.15, 0.2) is 0 Å². The molecule has 0 bridgehead atoms. The minimum absolute atomic E-state index is 0.0676. The van der Waals surface area contributed by atoms with E-state index in [-0.39, 0.29) is 18.6 Å². The van der Waals surface area contributed by atoms with E-state index in [9.17, 15) is 29.4 Å². The van der Waals surface area contributed by atoms with Crippen LogP contribution in [0.1, 0.15) is 24.8 Å². The zero-order chi connectivity index (χ0) is 24.1. The molecule has 0 aromatic heterocycles. The molecule has 12 heteroatoms. The molecule has 0 radical (unpaired) electrons. The second-order valence-corrected chi connectivity index (χ2v) is 7.18. The predicted octanol–water partition coefficient (Wildman–Crippen LogP) is -2.45. The summed E-state index contributed by atoms with van der Waals surface area (Å²) in [4.78, 5) is 47.6. The van der Waals surface area contributed by atoms with Gasteiger partial charge in [0.25, 0.3) is 0 Å². The Morgan fingerprint density at radius 3 is 2.19 bits per heavy atom. The third-order valence-electron chi connectivity index (χ3n) is 4.55. The fourth-order valence-electron chi connectivity index (χ4n) is 2.74. The first-order valence-electron chi connectivity index (χ1n) is 10.1. The van der Waals surface area contributed by atoms with Crippen molar-refractivity contribution < 1.29 is 34.5 Å². The molecule has 0 fully saturated rings. The summed E-state index contributed by atoms with van der Waals surface area (Å²) >= 11 is 0. The molecule has 32 heavy (non-hydrogen) atoms. The molecule has 1 rings (SSSR count). The van der Waals surface area contributed by atoms with E-state index in [1.807, 2.05) is 0 Å². The Kier molecular flexibility index (Phi) is 11.7. The van der Waals surface area contributed by atoms with Crippen LogP contribution in [0.15, 0.2) is 24.3 Å². The second kappa shape index (κ2) is 14.0. The van der Waals surface area contributed by atoms with Crippen molar-refractivity contribution >= 4 is 23.7 Å². The van der Waals surface area contributed by atoms with E-state index < -0.39 is 55.0 Å². The fourth-order valence-corrected chi connectivity index (χ4v) is 2.74. The van der Waals surface area contributed by atoms with Crippen LogP contribution in [0.2, 0.25) is 0 Å². The van der Waals surface area contributed by atoms with Crippen molar-refractivity contribution in [3.63, 3.8) is 0 Å². The zero-order valence-electron chi connectivity index (χ0n) is 17.6. The van der Waals surface area contributed by atoms with Gasteiger partial charge in [-0.15, -0.1) is 0 Å². The third-order valence-corrected chi connectivity index (χ3v) is 4.55. The molecule has 3 amide bonds. The van der Waals surface area contributed by atoms with E-state index in [0.29, 0.717) is 24.9 Å². The van der Waals surface area contributed by atoms with Crippen LogP contribution in [0.3, 0.4) is 0 Å². The maximum Gasteiger partial charge on any atom is 0.326 e. The van der Waals surface area contributed by atoms with Gasteiger partial charge in [-0.1, -0.05) is 12.1 Å². The molecule has 3 atom stereocenters. The average molecular weight is 453 g/mol. The van der Waals surface area contributed by atoms with Crippen molar-refractivity contribution in [2.45, 2.75) is 43.8 Å². The number of aliphatic carboxylic acids is 1. The first-order chi connectivity index (χ1) is 15.2. The summed E-state index contributed by atoms with van der Waals surface area (Å²) in [6.07, 6.45) is 1.46. The van der Waals surface area contributed by atoms with Gasteiger partial charge in [-0.2, -0.15) is 0 Å². The van der Waals surface area contributed by atoms with Gasteiger partial charge in [-0.25, -0.2) is 4.79 Å². The number of carboxylic acid groups (broad SMARTS) is 1. The number of aliphatic hydroxyl groups excluding tert-OH is 1. The topological polar surface area (TPSA) is 217 Å². The highest BCUT2D eigenvalue weighted by Crippen LogP contribution is 2.11. The van der Waals surface area contributed by atoms with E-state index in [2.05, 4.69) is 16.0 Å². The van der Waals surface area contributed by atoms with Crippen molar-refractivity contribution in [2.75, 3.05) is 19.7 Å². The number of hydrogen-bond acceptors (Lipinski definition) is 8. The van der Waals surface area contributed by atoms with Gasteiger partial charge in [-0.05, 0) is 49.9 Å². The van der Waals surface area contributed by atoms with Gasteiger partial charge < -0.3 is 42.7 Å². The van der Waals surface area contributed by atoms with Crippen LogP contribution in [0.4, 0.5) is 0 Å². The van der Waals surface area contributed by atoms with E-state index in [1.165, 1.54) is 12.1 Å². The highest BCUT2D eigenvalue weighted by Gasteiger charge is 2.25. The number of aromatic hydroxyl groups is 1. The molecule has 0 spiro atoms. The molecule has 178 valence electrons. The first kappa shape index (κ1) is 26.8.